The third-order valence-electron chi connectivity index (χ3n) is 3.72. The Kier molecular flexibility index (Phi) is 7.42. The molecule has 0 heterocycles. The van der Waals surface area contributed by atoms with Gasteiger partial charge in [0.15, 0.2) is 5.78 Å². The van der Waals surface area contributed by atoms with Gasteiger partial charge in [-0.1, -0.05) is 63.4 Å². The Bertz CT molecular complexity index is 361. The van der Waals surface area contributed by atoms with Crippen molar-refractivity contribution in [3.63, 3.8) is 0 Å². The van der Waals surface area contributed by atoms with E-state index in [2.05, 4.69) is 13.8 Å². The SMILES string of the molecule is CCCCC[C@@H](CC)C(=O)[C@@H](N)Cc1ccccc1. The quantitative estimate of drug-likeness (QED) is 0.688. The van der Waals surface area contributed by atoms with Crippen molar-refractivity contribution in [1.82, 2.24) is 0 Å². The number of carbonyl (C=O) groups is 1. The molecule has 0 saturated heterocycles. The van der Waals surface area contributed by atoms with Crippen LogP contribution in [0.1, 0.15) is 51.5 Å². The molecule has 0 aliphatic heterocycles. The van der Waals surface area contributed by atoms with Crippen molar-refractivity contribution < 1.29 is 4.79 Å². The van der Waals surface area contributed by atoms with Gasteiger partial charge in [0, 0.05) is 5.92 Å². The minimum absolute atomic E-state index is 0.144. The van der Waals surface area contributed by atoms with Crippen molar-refractivity contribution in [3.8, 4) is 0 Å². The normalized spacial score (nSPS) is 14.1. The van der Waals surface area contributed by atoms with Crippen LogP contribution in [-0.2, 0) is 11.2 Å². The fraction of sp³-hybridized carbons (Fsp3) is 0.588. The van der Waals surface area contributed by atoms with E-state index in [4.69, 9.17) is 5.73 Å². The standard InChI is InChI=1S/C17H27NO/c1-3-5-7-12-15(4-2)17(19)16(18)13-14-10-8-6-9-11-14/h6,8-11,15-16H,3-5,7,12-13,18H2,1-2H3/t15-,16+/m1/s1. The molecule has 0 radical (unpaired) electrons. The monoisotopic (exact) mass is 261 g/mol. The Morgan fingerprint density at radius 1 is 1.16 bits per heavy atom. The summed E-state index contributed by atoms with van der Waals surface area (Å²) >= 11 is 0. The number of Topliss-reactive ketones (excluding diaryl/α,β-unsaturated/α-hetero) is 1. The van der Waals surface area contributed by atoms with E-state index >= 15 is 0 Å². The lowest BCUT2D eigenvalue weighted by Crippen LogP contribution is -2.37. The highest BCUT2D eigenvalue weighted by Gasteiger charge is 2.22. The molecule has 0 aliphatic carbocycles. The fourth-order valence-corrected chi connectivity index (χ4v) is 2.46. The van der Waals surface area contributed by atoms with Gasteiger partial charge in [0.1, 0.15) is 0 Å². The third-order valence-corrected chi connectivity index (χ3v) is 3.72. The number of hydrogen-bond donors (Lipinski definition) is 1. The maximum atomic E-state index is 12.3. The van der Waals surface area contributed by atoms with E-state index in [1.54, 1.807) is 0 Å². The number of rotatable bonds is 9. The molecule has 0 spiro atoms. The summed E-state index contributed by atoms with van der Waals surface area (Å²) in [5, 5.41) is 0. The molecular formula is C17H27NO. The Balaban J connectivity index is 2.49. The minimum atomic E-state index is -0.353. The maximum Gasteiger partial charge on any atom is 0.152 e. The summed E-state index contributed by atoms with van der Waals surface area (Å²) in [4.78, 5) is 12.3. The van der Waals surface area contributed by atoms with Gasteiger partial charge in [-0.3, -0.25) is 4.79 Å². The van der Waals surface area contributed by atoms with Crippen LogP contribution in [0, 0.1) is 5.92 Å². The van der Waals surface area contributed by atoms with E-state index in [1.807, 2.05) is 30.3 Å². The summed E-state index contributed by atoms with van der Waals surface area (Å²) in [5.74, 6) is 0.382. The average molecular weight is 261 g/mol. The number of benzene rings is 1. The topological polar surface area (TPSA) is 43.1 Å². The second-order valence-electron chi connectivity index (χ2n) is 5.30. The molecular weight excluding hydrogens is 234 g/mol. The largest absolute Gasteiger partial charge is 0.321 e. The summed E-state index contributed by atoms with van der Waals surface area (Å²) in [5.41, 5.74) is 7.23. The van der Waals surface area contributed by atoms with Gasteiger partial charge in [-0.2, -0.15) is 0 Å². The zero-order valence-electron chi connectivity index (χ0n) is 12.3. The van der Waals surface area contributed by atoms with E-state index in [1.165, 1.54) is 12.8 Å². The van der Waals surface area contributed by atoms with Crippen LogP contribution in [0.25, 0.3) is 0 Å². The molecule has 0 aliphatic rings. The molecule has 1 aromatic carbocycles. The summed E-state index contributed by atoms with van der Waals surface area (Å²) in [7, 11) is 0. The lowest BCUT2D eigenvalue weighted by molar-refractivity contribution is -0.124. The Morgan fingerprint density at radius 2 is 1.84 bits per heavy atom. The van der Waals surface area contributed by atoms with Crippen LogP contribution in [0.5, 0.6) is 0 Å². The van der Waals surface area contributed by atoms with Crippen molar-refractivity contribution in [2.75, 3.05) is 0 Å². The predicted octanol–water partition coefficient (Wildman–Crippen LogP) is 3.73. The van der Waals surface area contributed by atoms with Gasteiger partial charge in [-0.05, 0) is 24.8 Å². The fourth-order valence-electron chi connectivity index (χ4n) is 2.46. The molecule has 19 heavy (non-hydrogen) atoms. The second-order valence-corrected chi connectivity index (χ2v) is 5.30. The number of ketones is 1. The first-order valence-electron chi connectivity index (χ1n) is 7.52. The second kappa shape index (κ2) is 8.87. The van der Waals surface area contributed by atoms with Gasteiger partial charge in [0.25, 0.3) is 0 Å². The van der Waals surface area contributed by atoms with E-state index in [0.29, 0.717) is 6.42 Å². The minimum Gasteiger partial charge on any atom is -0.321 e. The molecule has 2 atom stereocenters. The summed E-state index contributed by atoms with van der Waals surface area (Å²) in [6.45, 7) is 4.27. The van der Waals surface area contributed by atoms with Crippen LogP contribution in [-0.4, -0.2) is 11.8 Å². The lowest BCUT2D eigenvalue weighted by Gasteiger charge is -2.18. The van der Waals surface area contributed by atoms with Crippen LogP contribution >= 0.6 is 0 Å². The van der Waals surface area contributed by atoms with Gasteiger partial charge < -0.3 is 5.73 Å². The highest BCUT2D eigenvalue weighted by Crippen LogP contribution is 2.17. The first-order valence-corrected chi connectivity index (χ1v) is 7.52. The number of unbranched alkanes of at least 4 members (excludes halogenated alkanes) is 2. The number of carbonyl (C=O) groups excluding carboxylic acids is 1. The molecule has 0 saturated carbocycles. The molecule has 1 rings (SSSR count). The van der Waals surface area contributed by atoms with Crippen LogP contribution in [0.4, 0.5) is 0 Å². The van der Waals surface area contributed by atoms with Crippen molar-refractivity contribution in [3.05, 3.63) is 35.9 Å². The van der Waals surface area contributed by atoms with Gasteiger partial charge in [0.2, 0.25) is 0 Å². The molecule has 0 amide bonds. The first kappa shape index (κ1) is 15.9. The summed E-state index contributed by atoms with van der Waals surface area (Å²) in [6.07, 6.45) is 6.10. The van der Waals surface area contributed by atoms with Crippen molar-refractivity contribution in [1.29, 1.82) is 0 Å². The van der Waals surface area contributed by atoms with Crippen LogP contribution in [0.3, 0.4) is 0 Å². The van der Waals surface area contributed by atoms with Crippen LogP contribution < -0.4 is 5.73 Å². The zero-order valence-corrected chi connectivity index (χ0v) is 12.3. The van der Waals surface area contributed by atoms with Crippen molar-refractivity contribution in [2.24, 2.45) is 11.7 Å². The first-order chi connectivity index (χ1) is 9.19. The van der Waals surface area contributed by atoms with E-state index in [-0.39, 0.29) is 17.7 Å². The molecule has 0 fully saturated rings. The van der Waals surface area contributed by atoms with Crippen LogP contribution in [0.2, 0.25) is 0 Å². The van der Waals surface area contributed by atoms with Gasteiger partial charge >= 0.3 is 0 Å². The van der Waals surface area contributed by atoms with Gasteiger partial charge in [0.05, 0.1) is 6.04 Å². The Morgan fingerprint density at radius 3 is 2.42 bits per heavy atom. The zero-order chi connectivity index (χ0) is 14.1. The molecule has 2 nitrogen and oxygen atoms in total. The van der Waals surface area contributed by atoms with E-state index < -0.39 is 0 Å². The summed E-state index contributed by atoms with van der Waals surface area (Å²) < 4.78 is 0. The molecule has 2 heteroatoms. The molecule has 106 valence electrons. The molecule has 2 N–H and O–H groups in total. The van der Waals surface area contributed by atoms with E-state index in [0.717, 1.165) is 24.8 Å². The van der Waals surface area contributed by atoms with Crippen molar-refractivity contribution >= 4 is 5.78 Å². The van der Waals surface area contributed by atoms with E-state index in [9.17, 15) is 4.79 Å². The number of hydrogen-bond acceptors (Lipinski definition) is 2. The smallest absolute Gasteiger partial charge is 0.152 e. The molecule has 0 unspecified atom stereocenters. The van der Waals surface area contributed by atoms with Gasteiger partial charge in [-0.15, -0.1) is 0 Å². The molecule has 0 aromatic heterocycles. The molecule has 1 aromatic rings. The van der Waals surface area contributed by atoms with Gasteiger partial charge in [-0.25, -0.2) is 0 Å². The Hall–Kier alpha value is -1.15. The number of nitrogens with two attached hydrogens (primary N) is 1. The summed E-state index contributed by atoms with van der Waals surface area (Å²) in [6, 6.07) is 9.68. The maximum absolute atomic E-state index is 12.3. The van der Waals surface area contributed by atoms with Crippen LogP contribution in [0.15, 0.2) is 30.3 Å². The lowest BCUT2D eigenvalue weighted by atomic mass is 9.88. The Labute approximate surface area is 117 Å². The van der Waals surface area contributed by atoms with Crippen molar-refractivity contribution in [2.45, 2.75) is 58.4 Å². The highest BCUT2D eigenvalue weighted by molar-refractivity contribution is 5.86. The molecule has 0 bridgehead atoms. The predicted molar refractivity (Wildman–Crippen MR) is 81.1 cm³/mol. The average Bonchev–Trinajstić information content (AvgIpc) is 2.44. The third kappa shape index (κ3) is 5.56. The highest BCUT2D eigenvalue weighted by atomic mass is 16.1.